The Bertz CT molecular complexity index is 766. The predicted molar refractivity (Wildman–Crippen MR) is 78.8 cm³/mol. The summed E-state index contributed by atoms with van der Waals surface area (Å²) < 4.78 is 0. The molecule has 0 aliphatic heterocycles. The highest BCUT2D eigenvalue weighted by atomic mass is 16.6. The van der Waals surface area contributed by atoms with Gasteiger partial charge in [-0.2, -0.15) is 10.2 Å². The summed E-state index contributed by atoms with van der Waals surface area (Å²) in [6, 6.07) is 5.99. The van der Waals surface area contributed by atoms with Gasteiger partial charge in [-0.15, -0.1) is 0 Å². The SMILES string of the molecule is O=C(N/N=C\c1cccc([N+](=O)[O-])c1)c1n[nH]c2c1CCC2. The molecule has 0 unspecified atom stereocenters. The van der Waals surface area contributed by atoms with Gasteiger partial charge in [0.1, 0.15) is 0 Å². The Balaban J connectivity index is 1.68. The van der Waals surface area contributed by atoms with Gasteiger partial charge in [-0.05, 0) is 19.3 Å². The van der Waals surface area contributed by atoms with Gasteiger partial charge in [0, 0.05) is 29.0 Å². The summed E-state index contributed by atoms with van der Waals surface area (Å²) in [7, 11) is 0. The van der Waals surface area contributed by atoms with Gasteiger partial charge >= 0.3 is 0 Å². The number of aromatic nitrogens is 2. The smallest absolute Gasteiger partial charge is 0.281 e. The molecule has 8 heteroatoms. The molecule has 1 aliphatic rings. The molecule has 1 aliphatic carbocycles. The average Bonchev–Trinajstić information content (AvgIpc) is 3.10. The lowest BCUT2D eigenvalue weighted by molar-refractivity contribution is -0.384. The van der Waals surface area contributed by atoms with Gasteiger partial charge in [-0.1, -0.05) is 12.1 Å². The number of carbonyl (C=O) groups is 1. The van der Waals surface area contributed by atoms with E-state index < -0.39 is 4.92 Å². The summed E-state index contributed by atoms with van der Waals surface area (Å²) in [6.45, 7) is 0. The van der Waals surface area contributed by atoms with E-state index in [9.17, 15) is 14.9 Å². The Morgan fingerprint density at radius 3 is 3.14 bits per heavy atom. The van der Waals surface area contributed by atoms with Crippen molar-refractivity contribution < 1.29 is 9.72 Å². The molecule has 1 heterocycles. The van der Waals surface area contributed by atoms with E-state index in [2.05, 4.69) is 20.7 Å². The average molecular weight is 299 g/mol. The summed E-state index contributed by atoms with van der Waals surface area (Å²) in [5.74, 6) is -0.388. The molecule has 1 aromatic carbocycles. The quantitative estimate of drug-likeness (QED) is 0.506. The molecular weight excluding hydrogens is 286 g/mol. The van der Waals surface area contributed by atoms with E-state index in [0.29, 0.717) is 11.3 Å². The zero-order chi connectivity index (χ0) is 15.5. The van der Waals surface area contributed by atoms with Gasteiger partial charge in [-0.3, -0.25) is 20.0 Å². The van der Waals surface area contributed by atoms with E-state index in [1.807, 2.05) is 0 Å². The Morgan fingerprint density at radius 2 is 2.32 bits per heavy atom. The largest absolute Gasteiger partial charge is 0.292 e. The van der Waals surface area contributed by atoms with E-state index in [-0.39, 0.29) is 11.6 Å². The lowest BCUT2D eigenvalue weighted by Gasteiger charge is -1.98. The minimum atomic E-state index is -0.483. The summed E-state index contributed by atoms with van der Waals surface area (Å²) in [5, 5.41) is 21.4. The third-order valence-corrected chi connectivity index (χ3v) is 3.48. The van der Waals surface area contributed by atoms with Crippen LogP contribution in [0.3, 0.4) is 0 Å². The number of carbonyl (C=O) groups excluding carboxylic acids is 1. The molecule has 1 amide bonds. The number of H-pyrrole nitrogens is 1. The number of aromatic amines is 1. The van der Waals surface area contributed by atoms with Crippen LogP contribution in [0.5, 0.6) is 0 Å². The first-order chi connectivity index (χ1) is 10.6. The van der Waals surface area contributed by atoms with Crippen LogP contribution < -0.4 is 5.43 Å². The Labute approximate surface area is 125 Å². The first kappa shape index (κ1) is 13.9. The Hall–Kier alpha value is -3.03. The third kappa shape index (κ3) is 2.71. The number of non-ortho nitro benzene ring substituents is 1. The van der Waals surface area contributed by atoms with Gasteiger partial charge in [-0.25, -0.2) is 5.43 Å². The van der Waals surface area contributed by atoms with Crippen LogP contribution in [0.1, 0.15) is 33.7 Å². The number of fused-ring (bicyclic) bond motifs is 1. The van der Waals surface area contributed by atoms with Crippen LogP contribution in [0.2, 0.25) is 0 Å². The molecule has 1 aromatic heterocycles. The molecule has 22 heavy (non-hydrogen) atoms. The topological polar surface area (TPSA) is 113 Å². The van der Waals surface area contributed by atoms with Crippen molar-refractivity contribution in [3.8, 4) is 0 Å². The molecule has 3 rings (SSSR count). The maximum atomic E-state index is 12.0. The minimum Gasteiger partial charge on any atom is -0.281 e. The first-order valence-electron chi connectivity index (χ1n) is 6.79. The number of rotatable bonds is 4. The summed E-state index contributed by atoms with van der Waals surface area (Å²) in [4.78, 5) is 22.2. The van der Waals surface area contributed by atoms with Crippen molar-refractivity contribution in [2.75, 3.05) is 0 Å². The Kier molecular flexibility index (Phi) is 3.65. The number of benzene rings is 1. The van der Waals surface area contributed by atoms with Crippen LogP contribution >= 0.6 is 0 Å². The van der Waals surface area contributed by atoms with E-state index in [1.54, 1.807) is 12.1 Å². The third-order valence-electron chi connectivity index (χ3n) is 3.48. The van der Waals surface area contributed by atoms with Crippen LogP contribution in [-0.2, 0) is 12.8 Å². The van der Waals surface area contributed by atoms with E-state index >= 15 is 0 Å². The van der Waals surface area contributed by atoms with Crippen molar-refractivity contribution in [1.82, 2.24) is 15.6 Å². The lowest BCUT2D eigenvalue weighted by atomic mass is 10.2. The molecule has 0 spiro atoms. The summed E-state index contributed by atoms with van der Waals surface area (Å²) in [5.41, 5.74) is 5.21. The molecule has 2 N–H and O–H groups in total. The molecule has 8 nitrogen and oxygen atoms in total. The fourth-order valence-electron chi connectivity index (χ4n) is 2.44. The number of amides is 1. The molecular formula is C14H13N5O3. The molecule has 0 radical (unpaired) electrons. The van der Waals surface area contributed by atoms with Gasteiger partial charge in [0.25, 0.3) is 11.6 Å². The van der Waals surface area contributed by atoms with Gasteiger partial charge in [0.15, 0.2) is 5.69 Å². The second-order valence-electron chi connectivity index (χ2n) is 4.93. The van der Waals surface area contributed by atoms with E-state index in [4.69, 9.17) is 0 Å². The number of hydrazone groups is 1. The molecule has 0 saturated heterocycles. The number of hydrogen-bond donors (Lipinski definition) is 2. The highest BCUT2D eigenvalue weighted by Gasteiger charge is 2.22. The summed E-state index contributed by atoms with van der Waals surface area (Å²) >= 11 is 0. The van der Waals surface area contributed by atoms with Crippen LogP contribution in [0.15, 0.2) is 29.4 Å². The number of nitrogens with one attached hydrogen (secondary N) is 2. The number of nitro groups is 1. The molecule has 0 saturated carbocycles. The van der Waals surface area contributed by atoms with Gasteiger partial charge < -0.3 is 0 Å². The van der Waals surface area contributed by atoms with Crippen LogP contribution in [0, 0.1) is 10.1 Å². The summed E-state index contributed by atoms with van der Waals surface area (Å²) in [6.07, 6.45) is 4.12. The molecule has 0 fully saturated rings. The van der Waals surface area contributed by atoms with Crippen molar-refractivity contribution in [1.29, 1.82) is 0 Å². The number of hydrogen-bond acceptors (Lipinski definition) is 5. The van der Waals surface area contributed by atoms with Crippen molar-refractivity contribution >= 4 is 17.8 Å². The van der Waals surface area contributed by atoms with Crippen LogP contribution in [0.4, 0.5) is 5.69 Å². The normalized spacial score (nSPS) is 13.3. The highest BCUT2D eigenvalue weighted by Crippen LogP contribution is 2.22. The molecule has 2 aromatic rings. The molecule has 0 bridgehead atoms. The molecule has 0 atom stereocenters. The predicted octanol–water partition coefficient (Wildman–Crippen LogP) is 1.57. The van der Waals surface area contributed by atoms with Crippen molar-refractivity contribution in [3.05, 3.63) is 56.9 Å². The maximum Gasteiger partial charge on any atom is 0.292 e. The second-order valence-corrected chi connectivity index (χ2v) is 4.93. The fraction of sp³-hybridized carbons (Fsp3) is 0.214. The Morgan fingerprint density at radius 1 is 1.45 bits per heavy atom. The maximum absolute atomic E-state index is 12.0. The first-order valence-corrected chi connectivity index (χ1v) is 6.79. The number of aryl methyl sites for hydroxylation is 1. The number of nitro benzene ring substituents is 1. The monoisotopic (exact) mass is 299 g/mol. The second kappa shape index (κ2) is 5.76. The van der Waals surface area contributed by atoms with Crippen molar-refractivity contribution in [3.63, 3.8) is 0 Å². The fourth-order valence-corrected chi connectivity index (χ4v) is 2.44. The standard InChI is InChI=1S/C14H13N5O3/c20-14(13-11-5-2-6-12(11)16-17-13)18-15-8-9-3-1-4-10(7-9)19(21)22/h1,3-4,7-8H,2,5-6H2,(H,16,17)(H,18,20)/b15-8-. The lowest BCUT2D eigenvalue weighted by Crippen LogP contribution is -2.19. The molecule has 112 valence electrons. The zero-order valence-electron chi connectivity index (χ0n) is 11.6. The van der Waals surface area contributed by atoms with Crippen LogP contribution in [-0.4, -0.2) is 27.2 Å². The van der Waals surface area contributed by atoms with E-state index in [1.165, 1.54) is 18.3 Å². The van der Waals surface area contributed by atoms with Crippen LogP contribution in [0.25, 0.3) is 0 Å². The minimum absolute atomic E-state index is 0.0274. The van der Waals surface area contributed by atoms with E-state index in [0.717, 1.165) is 30.5 Å². The zero-order valence-corrected chi connectivity index (χ0v) is 11.6. The van der Waals surface area contributed by atoms with Gasteiger partial charge in [0.2, 0.25) is 0 Å². The number of nitrogens with zero attached hydrogens (tertiary/aromatic N) is 3. The van der Waals surface area contributed by atoms with Gasteiger partial charge in [0.05, 0.1) is 11.1 Å². The highest BCUT2D eigenvalue weighted by molar-refractivity contribution is 5.94. The van der Waals surface area contributed by atoms with Crippen molar-refractivity contribution in [2.24, 2.45) is 5.10 Å². The van der Waals surface area contributed by atoms with Crippen molar-refractivity contribution in [2.45, 2.75) is 19.3 Å².